The van der Waals surface area contributed by atoms with Gasteiger partial charge >= 0.3 is 0 Å². The smallest absolute Gasteiger partial charge is 0.273 e. The van der Waals surface area contributed by atoms with Crippen molar-refractivity contribution in [3.05, 3.63) is 74.5 Å². The largest absolute Gasteiger partial charge is 0.294 e. The summed E-state index contributed by atoms with van der Waals surface area (Å²) in [4.78, 5) is 22.4. The van der Waals surface area contributed by atoms with Crippen molar-refractivity contribution >= 4 is 23.1 Å². The molecular weight excluding hydrogens is 285 g/mol. The van der Waals surface area contributed by atoms with Gasteiger partial charge in [0.25, 0.3) is 5.69 Å². The van der Waals surface area contributed by atoms with E-state index in [1.54, 1.807) is 6.07 Å². The lowest BCUT2D eigenvalue weighted by atomic mass is 10.0. The van der Waals surface area contributed by atoms with E-state index in [1.807, 2.05) is 0 Å². The number of benzene rings is 2. The number of para-hydroxylation sites is 1. The summed E-state index contributed by atoms with van der Waals surface area (Å²) >= 11 is 5.73. The molecule has 0 radical (unpaired) electrons. The van der Waals surface area contributed by atoms with Gasteiger partial charge in [0.05, 0.1) is 9.95 Å². The van der Waals surface area contributed by atoms with Gasteiger partial charge in [-0.1, -0.05) is 35.9 Å². The first-order chi connectivity index (χ1) is 9.50. The van der Waals surface area contributed by atoms with Crippen molar-refractivity contribution < 1.29 is 14.1 Å². The number of Topliss-reactive ketones (excluding diaryl/α,β-unsaturated/α-hetero) is 1. The first-order valence-corrected chi connectivity index (χ1v) is 6.08. The quantitative estimate of drug-likeness (QED) is 0.489. The normalized spacial score (nSPS) is 10.3. The van der Waals surface area contributed by atoms with Crippen LogP contribution in [0.15, 0.2) is 42.5 Å². The van der Waals surface area contributed by atoms with Crippen LogP contribution in [0.25, 0.3) is 0 Å². The summed E-state index contributed by atoms with van der Waals surface area (Å²) in [5.41, 5.74) is 0.140. The molecule has 102 valence electrons. The van der Waals surface area contributed by atoms with E-state index in [0.29, 0.717) is 0 Å². The predicted molar refractivity (Wildman–Crippen MR) is 72.5 cm³/mol. The summed E-state index contributed by atoms with van der Waals surface area (Å²) in [6, 6.07) is 9.82. The van der Waals surface area contributed by atoms with Crippen molar-refractivity contribution in [3.63, 3.8) is 0 Å². The minimum atomic E-state index is -0.694. The number of nitro benzene ring substituents is 1. The van der Waals surface area contributed by atoms with Crippen LogP contribution in [0.5, 0.6) is 0 Å². The minimum absolute atomic E-state index is 0.0183. The highest BCUT2D eigenvalue weighted by Crippen LogP contribution is 2.24. The average Bonchev–Trinajstić information content (AvgIpc) is 2.42. The molecule has 4 nitrogen and oxygen atoms in total. The third-order valence-corrected chi connectivity index (χ3v) is 3.18. The Kier molecular flexibility index (Phi) is 4.10. The molecule has 2 aromatic carbocycles. The Morgan fingerprint density at radius 2 is 1.90 bits per heavy atom. The Balaban J connectivity index is 2.33. The van der Waals surface area contributed by atoms with Crippen LogP contribution in [-0.2, 0) is 6.42 Å². The maximum atomic E-state index is 13.3. The van der Waals surface area contributed by atoms with Crippen molar-refractivity contribution in [1.29, 1.82) is 0 Å². The van der Waals surface area contributed by atoms with E-state index in [1.165, 1.54) is 30.3 Å². The summed E-state index contributed by atoms with van der Waals surface area (Å²) in [5, 5.41) is 10.6. The zero-order valence-corrected chi connectivity index (χ0v) is 10.9. The molecule has 2 rings (SSSR count). The van der Waals surface area contributed by atoms with Gasteiger partial charge in [0.15, 0.2) is 5.78 Å². The molecule has 0 saturated carbocycles. The zero-order chi connectivity index (χ0) is 14.7. The second-order valence-corrected chi connectivity index (χ2v) is 4.47. The fourth-order valence-electron chi connectivity index (χ4n) is 1.83. The molecular formula is C14H9ClFNO3. The van der Waals surface area contributed by atoms with Gasteiger partial charge in [-0.25, -0.2) is 4.39 Å². The van der Waals surface area contributed by atoms with Crippen molar-refractivity contribution in [2.45, 2.75) is 6.42 Å². The van der Waals surface area contributed by atoms with E-state index < -0.39 is 16.5 Å². The molecule has 0 unspecified atom stereocenters. The number of nitro groups is 1. The fourth-order valence-corrected chi connectivity index (χ4v) is 2.06. The highest BCUT2D eigenvalue weighted by molar-refractivity contribution is 6.34. The number of carbonyl (C=O) groups is 1. The average molecular weight is 294 g/mol. The van der Waals surface area contributed by atoms with Crippen LogP contribution in [0, 0.1) is 15.9 Å². The van der Waals surface area contributed by atoms with Gasteiger partial charge in [-0.15, -0.1) is 0 Å². The summed E-state index contributed by atoms with van der Waals surface area (Å²) in [6.45, 7) is 0. The highest BCUT2D eigenvalue weighted by Gasteiger charge is 2.19. The third kappa shape index (κ3) is 2.83. The van der Waals surface area contributed by atoms with Crippen LogP contribution in [0.4, 0.5) is 10.1 Å². The molecule has 0 N–H and O–H groups in total. The molecule has 0 heterocycles. The Bertz CT molecular complexity index is 688. The molecule has 0 amide bonds. The lowest BCUT2D eigenvalue weighted by Gasteiger charge is -2.05. The zero-order valence-electron chi connectivity index (χ0n) is 10.2. The van der Waals surface area contributed by atoms with Crippen molar-refractivity contribution in [2.24, 2.45) is 0 Å². The molecule has 6 heteroatoms. The monoisotopic (exact) mass is 293 g/mol. The second-order valence-electron chi connectivity index (χ2n) is 4.09. The molecule has 0 spiro atoms. The standard InChI is InChI=1S/C14H9ClFNO3/c15-14-10(5-3-6-11(14)16)13(18)8-9-4-1-2-7-12(9)17(19)20/h1-7H,8H2. The molecule has 0 bridgehead atoms. The first-order valence-electron chi connectivity index (χ1n) is 5.70. The van der Waals surface area contributed by atoms with Gasteiger partial charge in [0, 0.05) is 23.6 Å². The number of hydrogen-bond donors (Lipinski definition) is 0. The highest BCUT2D eigenvalue weighted by atomic mass is 35.5. The molecule has 0 aliphatic rings. The van der Waals surface area contributed by atoms with Gasteiger partial charge in [-0.3, -0.25) is 14.9 Å². The minimum Gasteiger partial charge on any atom is -0.294 e. The number of nitrogens with zero attached hydrogens (tertiary/aromatic N) is 1. The molecule has 20 heavy (non-hydrogen) atoms. The summed E-state index contributed by atoms with van der Waals surface area (Å²) < 4.78 is 13.3. The topological polar surface area (TPSA) is 60.2 Å². The maximum absolute atomic E-state index is 13.3. The van der Waals surface area contributed by atoms with Crippen LogP contribution in [0.1, 0.15) is 15.9 Å². The van der Waals surface area contributed by atoms with Gasteiger partial charge in [-0.2, -0.15) is 0 Å². The number of ketones is 1. The van der Waals surface area contributed by atoms with Gasteiger partial charge in [0.1, 0.15) is 5.82 Å². The van der Waals surface area contributed by atoms with E-state index in [4.69, 9.17) is 11.6 Å². The Morgan fingerprint density at radius 3 is 2.60 bits per heavy atom. The van der Waals surface area contributed by atoms with E-state index in [2.05, 4.69) is 0 Å². The number of halogens is 2. The maximum Gasteiger partial charge on any atom is 0.273 e. The van der Waals surface area contributed by atoms with E-state index in [0.717, 1.165) is 6.07 Å². The predicted octanol–water partition coefficient (Wildman–Crippen LogP) is 3.81. The fraction of sp³-hybridized carbons (Fsp3) is 0.0714. The van der Waals surface area contributed by atoms with Gasteiger partial charge in [0.2, 0.25) is 0 Å². The molecule has 0 atom stereocenters. The lowest BCUT2D eigenvalue weighted by molar-refractivity contribution is -0.385. The molecule has 0 fully saturated rings. The molecule has 0 aliphatic carbocycles. The van der Waals surface area contributed by atoms with Crippen molar-refractivity contribution in [2.75, 3.05) is 0 Å². The third-order valence-electron chi connectivity index (χ3n) is 2.79. The number of hydrogen-bond acceptors (Lipinski definition) is 3. The number of carbonyl (C=O) groups excluding carboxylic acids is 1. The first kappa shape index (κ1) is 14.1. The molecule has 2 aromatic rings. The summed E-state index contributed by atoms with van der Waals surface area (Å²) in [5.74, 6) is -1.16. The van der Waals surface area contributed by atoms with Crippen LogP contribution < -0.4 is 0 Å². The van der Waals surface area contributed by atoms with E-state index in [9.17, 15) is 19.3 Å². The molecule has 0 aliphatic heterocycles. The SMILES string of the molecule is O=C(Cc1ccccc1[N+](=O)[O-])c1cccc(F)c1Cl. The van der Waals surface area contributed by atoms with Crippen LogP contribution >= 0.6 is 11.6 Å². The van der Waals surface area contributed by atoms with Crippen molar-refractivity contribution in [3.8, 4) is 0 Å². The van der Waals surface area contributed by atoms with Crippen LogP contribution in [0.3, 0.4) is 0 Å². The molecule has 0 saturated heterocycles. The number of rotatable bonds is 4. The van der Waals surface area contributed by atoms with Crippen LogP contribution in [-0.4, -0.2) is 10.7 Å². The lowest BCUT2D eigenvalue weighted by Crippen LogP contribution is -2.07. The second kappa shape index (κ2) is 5.79. The van der Waals surface area contributed by atoms with E-state index >= 15 is 0 Å². The van der Waals surface area contributed by atoms with Crippen molar-refractivity contribution in [1.82, 2.24) is 0 Å². The summed E-state index contributed by atoms with van der Waals surface area (Å²) in [7, 11) is 0. The Labute approximate surface area is 119 Å². The van der Waals surface area contributed by atoms with Gasteiger partial charge < -0.3 is 0 Å². The molecule has 0 aromatic heterocycles. The Morgan fingerprint density at radius 1 is 1.20 bits per heavy atom. The summed E-state index contributed by atoms with van der Waals surface area (Å²) in [6.07, 6.45) is -0.208. The van der Waals surface area contributed by atoms with Crippen LogP contribution in [0.2, 0.25) is 5.02 Å². The van der Waals surface area contributed by atoms with E-state index in [-0.39, 0.29) is 28.3 Å². The van der Waals surface area contributed by atoms with Gasteiger partial charge in [-0.05, 0) is 12.1 Å². The Hall–Kier alpha value is -2.27.